The van der Waals surface area contributed by atoms with Crippen molar-refractivity contribution in [3.05, 3.63) is 88.6 Å². The first-order valence-corrected chi connectivity index (χ1v) is 14.0. The highest BCUT2D eigenvalue weighted by atomic mass is 32.1. The quantitative estimate of drug-likeness (QED) is 0.205. The zero-order valence-corrected chi connectivity index (χ0v) is 23.7. The summed E-state index contributed by atoms with van der Waals surface area (Å²) in [5.74, 6) is -0.235. The topological polar surface area (TPSA) is 111 Å². The number of thiazole rings is 1. The Balaban J connectivity index is 1.38. The van der Waals surface area contributed by atoms with Gasteiger partial charge in [-0.3, -0.25) is 9.78 Å². The van der Waals surface area contributed by atoms with Crippen molar-refractivity contribution in [3.63, 3.8) is 0 Å². The van der Waals surface area contributed by atoms with Gasteiger partial charge in [0.1, 0.15) is 10.8 Å². The molecule has 208 valence electrons. The Morgan fingerprint density at radius 1 is 1.00 bits per heavy atom. The van der Waals surface area contributed by atoms with Crippen molar-refractivity contribution in [1.29, 1.82) is 0 Å². The number of carboxylic acid groups (broad SMARTS) is 1. The van der Waals surface area contributed by atoms with Crippen molar-refractivity contribution in [1.82, 2.24) is 15.3 Å². The number of hydrogen-bond acceptors (Lipinski definition) is 7. The highest BCUT2D eigenvalue weighted by Crippen LogP contribution is 2.29. The van der Waals surface area contributed by atoms with Crippen LogP contribution in [0.5, 0.6) is 5.75 Å². The minimum atomic E-state index is -0.876. The number of carbonyl (C=O) groups excluding carboxylic acids is 1. The number of pyridine rings is 1. The van der Waals surface area contributed by atoms with E-state index in [1.165, 1.54) is 0 Å². The summed E-state index contributed by atoms with van der Waals surface area (Å²) in [5.41, 5.74) is 5.58. The van der Waals surface area contributed by atoms with E-state index in [-0.39, 0.29) is 19.1 Å². The number of alkyl carbamates (subject to hydrolysis) is 1. The van der Waals surface area contributed by atoms with E-state index in [1.54, 1.807) is 25.2 Å². The summed E-state index contributed by atoms with van der Waals surface area (Å²) in [5, 5.41) is 12.7. The molecule has 2 heterocycles. The second-order valence-electron chi connectivity index (χ2n) is 9.55. The zero-order valence-electron chi connectivity index (χ0n) is 22.8. The first kappa shape index (κ1) is 28.8. The van der Waals surface area contributed by atoms with E-state index < -0.39 is 12.1 Å². The van der Waals surface area contributed by atoms with Crippen molar-refractivity contribution in [3.8, 4) is 27.6 Å². The monoisotopic (exact) mass is 559 g/mol. The molecule has 4 rings (SSSR count). The lowest BCUT2D eigenvalue weighted by atomic mass is 10.0. The largest absolute Gasteiger partial charge is 0.493 e. The Bertz CT molecular complexity index is 1440. The standard InChI is InChI=1S/C31H33N3O5S/c1-20(2)39-31(37)33-19-25-17-26(12-9-22(25)11-14-29(35)36)38-16-15-27-21(3)40-30(34-27)24-10-13-28(32-18-24)23-7-5-4-6-8-23/h4-10,12-13,17-18,20H,11,14-16,19H2,1-3H3,(H,33,37)(H,35,36). The summed E-state index contributed by atoms with van der Waals surface area (Å²) in [4.78, 5) is 33.6. The van der Waals surface area contributed by atoms with Gasteiger partial charge in [0, 0.05) is 41.6 Å². The van der Waals surface area contributed by atoms with Crippen molar-refractivity contribution in [2.75, 3.05) is 6.61 Å². The Hall–Kier alpha value is -4.24. The first-order chi connectivity index (χ1) is 19.3. The van der Waals surface area contributed by atoms with Crippen LogP contribution in [0.25, 0.3) is 21.8 Å². The van der Waals surface area contributed by atoms with Crippen molar-refractivity contribution in [2.45, 2.75) is 52.7 Å². The predicted octanol–water partition coefficient (Wildman–Crippen LogP) is 6.45. The van der Waals surface area contributed by atoms with Crippen LogP contribution in [0.4, 0.5) is 4.79 Å². The number of aliphatic carboxylic acids is 1. The van der Waals surface area contributed by atoms with Gasteiger partial charge in [0.2, 0.25) is 0 Å². The van der Waals surface area contributed by atoms with Crippen molar-refractivity contribution in [2.24, 2.45) is 0 Å². The second-order valence-corrected chi connectivity index (χ2v) is 10.8. The molecule has 0 bridgehead atoms. The van der Waals surface area contributed by atoms with Gasteiger partial charge in [0.05, 0.1) is 24.1 Å². The summed E-state index contributed by atoms with van der Waals surface area (Å²) in [6.45, 7) is 6.24. The van der Waals surface area contributed by atoms with Crippen molar-refractivity contribution < 1.29 is 24.2 Å². The molecule has 0 saturated carbocycles. The van der Waals surface area contributed by atoms with E-state index in [2.05, 4.69) is 17.2 Å². The molecule has 0 saturated heterocycles. The van der Waals surface area contributed by atoms with Gasteiger partial charge in [-0.1, -0.05) is 36.4 Å². The van der Waals surface area contributed by atoms with Gasteiger partial charge in [-0.2, -0.15) is 0 Å². The van der Waals surface area contributed by atoms with Crippen LogP contribution in [0, 0.1) is 6.92 Å². The minimum absolute atomic E-state index is 0.000415. The summed E-state index contributed by atoms with van der Waals surface area (Å²) < 4.78 is 11.2. The molecule has 2 N–H and O–H groups in total. The lowest BCUT2D eigenvalue weighted by Gasteiger charge is -2.14. The number of carbonyl (C=O) groups is 2. The maximum atomic E-state index is 12.0. The van der Waals surface area contributed by atoms with Crippen LogP contribution in [0.2, 0.25) is 0 Å². The van der Waals surface area contributed by atoms with Crippen LogP contribution in [0.3, 0.4) is 0 Å². The molecule has 1 amide bonds. The molecule has 0 atom stereocenters. The number of rotatable bonds is 12. The van der Waals surface area contributed by atoms with E-state index in [0.29, 0.717) is 25.2 Å². The predicted molar refractivity (Wildman–Crippen MR) is 156 cm³/mol. The Kier molecular flexibility index (Phi) is 9.86. The lowest BCUT2D eigenvalue weighted by Crippen LogP contribution is -2.26. The number of aromatic nitrogens is 2. The molecule has 9 heteroatoms. The average Bonchev–Trinajstić information content (AvgIpc) is 3.31. The van der Waals surface area contributed by atoms with Crippen LogP contribution in [-0.2, 0) is 28.9 Å². The van der Waals surface area contributed by atoms with Gasteiger partial charge in [-0.25, -0.2) is 9.78 Å². The molecular weight excluding hydrogens is 526 g/mol. The third-order valence-corrected chi connectivity index (χ3v) is 7.19. The molecule has 2 aromatic heterocycles. The third-order valence-electron chi connectivity index (χ3n) is 6.13. The Morgan fingerprint density at radius 3 is 2.50 bits per heavy atom. The summed E-state index contributed by atoms with van der Waals surface area (Å²) in [6.07, 6.45) is 2.09. The number of nitrogens with one attached hydrogen (secondary N) is 1. The Labute approximate surface area is 238 Å². The van der Waals surface area contributed by atoms with E-state index in [1.807, 2.05) is 66.9 Å². The smallest absolute Gasteiger partial charge is 0.407 e. The van der Waals surface area contributed by atoms with Gasteiger partial charge < -0.3 is 19.9 Å². The van der Waals surface area contributed by atoms with Crippen LogP contribution in [-0.4, -0.2) is 39.8 Å². The molecule has 0 unspecified atom stereocenters. The van der Waals surface area contributed by atoms with Crippen LogP contribution >= 0.6 is 11.3 Å². The van der Waals surface area contributed by atoms with Gasteiger partial charge in [-0.05, 0) is 62.6 Å². The maximum absolute atomic E-state index is 12.0. The zero-order chi connectivity index (χ0) is 28.5. The summed E-state index contributed by atoms with van der Waals surface area (Å²) in [7, 11) is 0. The fraction of sp³-hybridized carbons (Fsp3) is 0.290. The van der Waals surface area contributed by atoms with E-state index in [4.69, 9.17) is 19.6 Å². The van der Waals surface area contributed by atoms with Gasteiger partial charge >= 0.3 is 12.1 Å². The highest BCUT2D eigenvalue weighted by Gasteiger charge is 2.13. The fourth-order valence-corrected chi connectivity index (χ4v) is 5.06. The number of benzene rings is 2. The first-order valence-electron chi connectivity index (χ1n) is 13.2. The van der Waals surface area contributed by atoms with Gasteiger partial charge in [0.15, 0.2) is 0 Å². The van der Waals surface area contributed by atoms with E-state index in [0.717, 1.165) is 43.5 Å². The Morgan fingerprint density at radius 2 is 1.80 bits per heavy atom. The molecule has 0 aliphatic heterocycles. The molecule has 4 aromatic rings. The second kappa shape index (κ2) is 13.7. The summed E-state index contributed by atoms with van der Waals surface area (Å²) >= 11 is 1.63. The fourth-order valence-electron chi connectivity index (χ4n) is 4.11. The van der Waals surface area contributed by atoms with Crippen LogP contribution in [0.1, 0.15) is 42.0 Å². The van der Waals surface area contributed by atoms with E-state index >= 15 is 0 Å². The molecule has 0 fully saturated rings. The lowest BCUT2D eigenvalue weighted by molar-refractivity contribution is -0.136. The molecular formula is C31H33N3O5S. The van der Waals surface area contributed by atoms with Crippen LogP contribution < -0.4 is 10.1 Å². The van der Waals surface area contributed by atoms with Gasteiger partial charge in [0.25, 0.3) is 0 Å². The number of hydrogen-bond donors (Lipinski definition) is 2. The summed E-state index contributed by atoms with van der Waals surface area (Å²) in [6, 6.07) is 19.6. The third kappa shape index (κ3) is 8.13. The minimum Gasteiger partial charge on any atom is -0.493 e. The molecule has 0 aliphatic carbocycles. The highest BCUT2D eigenvalue weighted by molar-refractivity contribution is 7.15. The number of aryl methyl sites for hydroxylation is 2. The van der Waals surface area contributed by atoms with E-state index in [9.17, 15) is 9.59 Å². The maximum Gasteiger partial charge on any atom is 0.407 e. The SMILES string of the molecule is Cc1sc(-c2ccc(-c3ccccc3)nc2)nc1CCOc1ccc(CCC(=O)O)c(CNC(=O)OC(C)C)c1. The molecule has 0 spiro atoms. The molecule has 0 aliphatic rings. The van der Waals surface area contributed by atoms with Crippen LogP contribution in [0.15, 0.2) is 66.9 Å². The molecule has 2 aromatic carbocycles. The molecule has 8 nitrogen and oxygen atoms in total. The molecule has 40 heavy (non-hydrogen) atoms. The molecule has 0 radical (unpaired) electrons. The average molecular weight is 560 g/mol. The number of ether oxygens (including phenoxy) is 2. The number of carboxylic acids is 1. The number of amides is 1. The number of nitrogens with zero attached hydrogens (tertiary/aromatic N) is 2. The normalized spacial score (nSPS) is 10.9. The van der Waals surface area contributed by atoms with Gasteiger partial charge in [-0.15, -0.1) is 11.3 Å². The van der Waals surface area contributed by atoms with Crippen molar-refractivity contribution >= 4 is 23.4 Å².